The summed E-state index contributed by atoms with van der Waals surface area (Å²) in [6.45, 7) is 0. The summed E-state index contributed by atoms with van der Waals surface area (Å²) in [4.78, 5) is 17.3. The van der Waals surface area contributed by atoms with Gasteiger partial charge in [0.1, 0.15) is 5.75 Å². The number of hydrogen-bond acceptors (Lipinski definition) is 4. The van der Waals surface area contributed by atoms with Crippen LogP contribution in [0.3, 0.4) is 0 Å². The van der Waals surface area contributed by atoms with Crippen molar-refractivity contribution in [2.75, 3.05) is 0 Å². The number of carbonyl (C=O) groups excluding carboxylic acids is 1. The van der Waals surface area contributed by atoms with E-state index in [0.29, 0.717) is 15.8 Å². The number of amides is 1. The molecule has 0 aliphatic carbocycles. The van der Waals surface area contributed by atoms with Gasteiger partial charge in [0.2, 0.25) is 0 Å². The molecule has 0 atom stereocenters. The first-order chi connectivity index (χ1) is 12.2. The highest BCUT2D eigenvalue weighted by atomic mass is 32.2. The summed E-state index contributed by atoms with van der Waals surface area (Å²) in [5.41, 5.74) is 1.67. The van der Waals surface area contributed by atoms with Gasteiger partial charge in [-0.3, -0.25) is 4.79 Å². The standard InChI is InChI=1S/C20H14N2O2S/c23-16-10-8-15(9-11-16)21-20-22-19(24)18(25-20)12-14-6-3-5-13-4-1-2-7-17(13)14/h1-12,23H,(H,21,22,24)/b18-12-. The lowest BCUT2D eigenvalue weighted by Gasteiger charge is -2.02. The van der Waals surface area contributed by atoms with Crippen molar-refractivity contribution in [2.45, 2.75) is 0 Å². The number of amidine groups is 1. The summed E-state index contributed by atoms with van der Waals surface area (Å²) in [7, 11) is 0. The van der Waals surface area contributed by atoms with Crippen LogP contribution in [-0.4, -0.2) is 16.2 Å². The molecule has 1 amide bonds. The molecule has 0 radical (unpaired) electrons. The zero-order valence-corrected chi connectivity index (χ0v) is 14.0. The predicted molar refractivity (Wildman–Crippen MR) is 103 cm³/mol. The Kier molecular flexibility index (Phi) is 3.99. The van der Waals surface area contributed by atoms with Crippen molar-refractivity contribution in [1.29, 1.82) is 0 Å². The maximum absolute atomic E-state index is 12.2. The van der Waals surface area contributed by atoms with Gasteiger partial charge in [-0.1, -0.05) is 42.5 Å². The number of thioether (sulfide) groups is 1. The fourth-order valence-corrected chi connectivity index (χ4v) is 3.48. The number of hydrogen-bond donors (Lipinski definition) is 2. The summed E-state index contributed by atoms with van der Waals surface area (Å²) in [5, 5.41) is 14.9. The van der Waals surface area contributed by atoms with E-state index in [2.05, 4.69) is 22.4 Å². The number of nitrogens with one attached hydrogen (secondary N) is 1. The van der Waals surface area contributed by atoms with Gasteiger partial charge in [-0.15, -0.1) is 0 Å². The minimum Gasteiger partial charge on any atom is -0.508 e. The Morgan fingerprint density at radius 1 is 0.960 bits per heavy atom. The number of rotatable bonds is 2. The third-order valence-electron chi connectivity index (χ3n) is 3.84. The number of aromatic hydroxyl groups is 1. The molecule has 1 fully saturated rings. The second kappa shape index (κ2) is 6.45. The quantitative estimate of drug-likeness (QED) is 0.675. The minimum absolute atomic E-state index is 0.157. The summed E-state index contributed by atoms with van der Waals surface area (Å²) >= 11 is 1.31. The molecule has 5 heteroatoms. The first kappa shape index (κ1) is 15.5. The number of aliphatic imine (C=N–C) groups is 1. The average molecular weight is 346 g/mol. The van der Waals surface area contributed by atoms with Crippen molar-refractivity contribution in [1.82, 2.24) is 5.32 Å². The fraction of sp³-hybridized carbons (Fsp3) is 0. The molecule has 1 aliphatic heterocycles. The van der Waals surface area contributed by atoms with Crippen LogP contribution in [0, 0.1) is 0 Å². The van der Waals surface area contributed by atoms with Gasteiger partial charge in [0.25, 0.3) is 5.91 Å². The lowest BCUT2D eigenvalue weighted by molar-refractivity contribution is -0.115. The number of carbonyl (C=O) groups is 1. The predicted octanol–water partition coefficient (Wildman–Crippen LogP) is 4.44. The van der Waals surface area contributed by atoms with Crippen molar-refractivity contribution in [3.05, 3.63) is 77.2 Å². The van der Waals surface area contributed by atoms with Crippen molar-refractivity contribution in [3.8, 4) is 5.75 Å². The van der Waals surface area contributed by atoms with Crippen molar-refractivity contribution in [2.24, 2.45) is 4.99 Å². The summed E-state index contributed by atoms with van der Waals surface area (Å²) < 4.78 is 0. The van der Waals surface area contributed by atoms with Gasteiger partial charge in [0, 0.05) is 0 Å². The Balaban J connectivity index is 1.66. The van der Waals surface area contributed by atoms with Gasteiger partial charge in [0.15, 0.2) is 5.17 Å². The maximum Gasteiger partial charge on any atom is 0.264 e. The van der Waals surface area contributed by atoms with E-state index in [4.69, 9.17) is 0 Å². The first-order valence-electron chi connectivity index (χ1n) is 7.75. The van der Waals surface area contributed by atoms with Crippen LogP contribution >= 0.6 is 11.8 Å². The second-order valence-electron chi connectivity index (χ2n) is 5.57. The molecular formula is C20H14N2O2S. The molecule has 1 saturated heterocycles. The van der Waals surface area contributed by atoms with E-state index in [1.54, 1.807) is 24.3 Å². The molecule has 4 nitrogen and oxygen atoms in total. The van der Waals surface area contributed by atoms with Crippen molar-refractivity contribution < 1.29 is 9.90 Å². The van der Waals surface area contributed by atoms with Crippen molar-refractivity contribution in [3.63, 3.8) is 0 Å². The molecule has 122 valence electrons. The molecule has 4 rings (SSSR count). The van der Waals surface area contributed by atoms with Crippen LogP contribution in [0.5, 0.6) is 5.75 Å². The molecule has 0 aromatic heterocycles. The van der Waals surface area contributed by atoms with E-state index in [1.165, 1.54) is 11.8 Å². The third kappa shape index (κ3) is 3.27. The van der Waals surface area contributed by atoms with Gasteiger partial charge < -0.3 is 10.4 Å². The molecule has 2 N–H and O–H groups in total. The van der Waals surface area contributed by atoms with Gasteiger partial charge in [-0.05, 0) is 58.4 Å². The highest BCUT2D eigenvalue weighted by Gasteiger charge is 2.24. The van der Waals surface area contributed by atoms with Crippen LogP contribution < -0.4 is 5.32 Å². The topological polar surface area (TPSA) is 61.7 Å². The number of benzene rings is 3. The normalized spacial score (nSPS) is 17.4. The molecule has 3 aromatic carbocycles. The van der Waals surface area contributed by atoms with E-state index in [1.807, 2.05) is 36.4 Å². The Labute approximate surface area is 148 Å². The van der Waals surface area contributed by atoms with Crippen LogP contribution in [0.1, 0.15) is 5.56 Å². The number of phenolic OH excluding ortho intramolecular Hbond substituents is 1. The molecule has 3 aromatic rings. The maximum atomic E-state index is 12.2. The highest BCUT2D eigenvalue weighted by molar-refractivity contribution is 8.18. The Morgan fingerprint density at radius 3 is 2.56 bits per heavy atom. The summed E-state index contributed by atoms with van der Waals surface area (Å²) in [5.74, 6) is 0.0269. The monoisotopic (exact) mass is 346 g/mol. The van der Waals surface area contributed by atoms with Crippen LogP contribution in [-0.2, 0) is 4.79 Å². The van der Waals surface area contributed by atoms with E-state index in [0.717, 1.165) is 16.3 Å². The number of phenols is 1. The smallest absolute Gasteiger partial charge is 0.264 e. The molecule has 0 spiro atoms. The van der Waals surface area contributed by atoms with E-state index >= 15 is 0 Å². The van der Waals surface area contributed by atoms with Crippen molar-refractivity contribution >= 4 is 45.4 Å². The van der Waals surface area contributed by atoms with Crippen LogP contribution in [0.25, 0.3) is 16.8 Å². The average Bonchev–Trinajstić information content (AvgIpc) is 2.96. The van der Waals surface area contributed by atoms with Gasteiger partial charge in [-0.2, -0.15) is 0 Å². The highest BCUT2D eigenvalue weighted by Crippen LogP contribution is 2.30. The lowest BCUT2D eigenvalue weighted by Crippen LogP contribution is -2.19. The van der Waals surface area contributed by atoms with Crippen LogP contribution in [0.4, 0.5) is 5.69 Å². The fourth-order valence-electron chi connectivity index (χ4n) is 2.64. The lowest BCUT2D eigenvalue weighted by atomic mass is 10.0. The molecule has 0 bridgehead atoms. The first-order valence-corrected chi connectivity index (χ1v) is 8.57. The molecule has 1 aliphatic rings. The molecule has 25 heavy (non-hydrogen) atoms. The molecule has 1 heterocycles. The van der Waals surface area contributed by atoms with Crippen LogP contribution in [0.15, 0.2) is 76.6 Å². The minimum atomic E-state index is -0.157. The Bertz CT molecular complexity index is 1020. The molecular weight excluding hydrogens is 332 g/mol. The van der Waals surface area contributed by atoms with Crippen LogP contribution in [0.2, 0.25) is 0 Å². The third-order valence-corrected chi connectivity index (χ3v) is 4.75. The van der Waals surface area contributed by atoms with Gasteiger partial charge in [0.05, 0.1) is 10.6 Å². The number of nitrogens with zero attached hydrogens (tertiary/aromatic N) is 1. The largest absolute Gasteiger partial charge is 0.508 e. The summed E-state index contributed by atoms with van der Waals surface area (Å²) in [6.07, 6.45) is 1.89. The zero-order chi connectivity index (χ0) is 17.2. The van der Waals surface area contributed by atoms with E-state index < -0.39 is 0 Å². The number of fused-ring (bicyclic) bond motifs is 1. The molecule has 0 unspecified atom stereocenters. The van der Waals surface area contributed by atoms with Gasteiger partial charge in [-0.25, -0.2) is 4.99 Å². The Hall–Kier alpha value is -3.05. The molecule has 0 saturated carbocycles. The van der Waals surface area contributed by atoms with E-state index in [-0.39, 0.29) is 11.7 Å². The van der Waals surface area contributed by atoms with E-state index in [9.17, 15) is 9.90 Å². The summed E-state index contributed by atoms with van der Waals surface area (Å²) in [6, 6.07) is 20.6. The van der Waals surface area contributed by atoms with Gasteiger partial charge >= 0.3 is 0 Å². The zero-order valence-electron chi connectivity index (χ0n) is 13.1. The Morgan fingerprint density at radius 2 is 1.72 bits per heavy atom. The second-order valence-corrected chi connectivity index (χ2v) is 6.60. The SMILES string of the molecule is O=C1NC(=Nc2ccc(O)cc2)S/C1=C\c1cccc2ccccc12.